The third-order valence-corrected chi connectivity index (χ3v) is 1.90. The first kappa shape index (κ1) is 13.8. The zero-order valence-corrected chi connectivity index (χ0v) is 8.82. The molecule has 18 heavy (non-hydrogen) atoms. The Morgan fingerprint density at radius 2 is 1.94 bits per heavy atom. The normalized spacial score (nSPS) is 11.1. The molecule has 5 nitrogen and oxygen atoms in total. The number of amides is 1. The summed E-state index contributed by atoms with van der Waals surface area (Å²) in [6.07, 6.45) is -4.79. The van der Waals surface area contributed by atoms with Gasteiger partial charge in [0.25, 0.3) is 5.91 Å². The van der Waals surface area contributed by atoms with Crippen molar-refractivity contribution >= 4 is 11.9 Å². The summed E-state index contributed by atoms with van der Waals surface area (Å²) in [5, 5.41) is 8.60. The van der Waals surface area contributed by atoms with Gasteiger partial charge in [-0.1, -0.05) is 0 Å². The standard InChI is InChI=1S/C10H8F3NO4/c11-10(12,13)6-3-5(9(16)17)1-2-7(6)18-4-8(14)15/h1-3H,4H2,(H2,14,15)(H,16,17). The summed E-state index contributed by atoms with van der Waals surface area (Å²) in [5.41, 5.74) is 2.93. The van der Waals surface area contributed by atoms with Crippen LogP contribution in [0.15, 0.2) is 18.2 Å². The summed E-state index contributed by atoms with van der Waals surface area (Å²) in [6, 6.07) is 2.20. The van der Waals surface area contributed by atoms with E-state index in [1.165, 1.54) is 0 Å². The van der Waals surface area contributed by atoms with E-state index >= 15 is 0 Å². The molecule has 0 aliphatic rings. The molecule has 0 aliphatic carbocycles. The molecule has 98 valence electrons. The first-order valence-corrected chi connectivity index (χ1v) is 4.57. The molecule has 0 saturated carbocycles. The molecule has 8 heteroatoms. The quantitative estimate of drug-likeness (QED) is 0.855. The Morgan fingerprint density at radius 1 is 1.33 bits per heavy atom. The molecule has 1 aromatic carbocycles. The molecular formula is C10H8F3NO4. The van der Waals surface area contributed by atoms with Crippen LogP contribution in [0.2, 0.25) is 0 Å². The lowest BCUT2D eigenvalue weighted by atomic mass is 10.1. The third-order valence-electron chi connectivity index (χ3n) is 1.90. The van der Waals surface area contributed by atoms with Gasteiger partial charge >= 0.3 is 12.1 Å². The zero-order chi connectivity index (χ0) is 13.9. The predicted molar refractivity (Wildman–Crippen MR) is 53.1 cm³/mol. The molecule has 0 saturated heterocycles. The second-order valence-corrected chi connectivity index (χ2v) is 3.27. The number of carboxylic acid groups (broad SMARTS) is 1. The van der Waals surface area contributed by atoms with Crippen LogP contribution in [0.25, 0.3) is 0 Å². The van der Waals surface area contributed by atoms with Gasteiger partial charge in [-0.25, -0.2) is 4.79 Å². The minimum atomic E-state index is -4.79. The van der Waals surface area contributed by atoms with Crippen molar-refractivity contribution in [3.05, 3.63) is 29.3 Å². The molecule has 3 N–H and O–H groups in total. The molecule has 1 rings (SSSR count). The maximum Gasteiger partial charge on any atom is 0.419 e. The lowest BCUT2D eigenvalue weighted by Gasteiger charge is -2.13. The summed E-state index contributed by atoms with van der Waals surface area (Å²) < 4.78 is 42.5. The van der Waals surface area contributed by atoms with Crippen LogP contribution in [-0.2, 0) is 11.0 Å². The number of hydrogen-bond acceptors (Lipinski definition) is 3. The Bertz CT molecular complexity index is 485. The van der Waals surface area contributed by atoms with Gasteiger partial charge in [0.2, 0.25) is 0 Å². The monoisotopic (exact) mass is 263 g/mol. The summed E-state index contributed by atoms with van der Waals surface area (Å²) >= 11 is 0. The number of carbonyl (C=O) groups excluding carboxylic acids is 1. The van der Waals surface area contributed by atoms with Crippen LogP contribution < -0.4 is 10.5 Å². The van der Waals surface area contributed by atoms with Crippen molar-refractivity contribution in [3.8, 4) is 5.75 Å². The maximum absolute atomic E-state index is 12.6. The first-order chi connectivity index (χ1) is 8.21. The number of rotatable bonds is 4. The minimum absolute atomic E-state index is 0.429. The lowest BCUT2D eigenvalue weighted by molar-refractivity contribution is -0.139. The second-order valence-electron chi connectivity index (χ2n) is 3.27. The molecule has 0 atom stereocenters. The Morgan fingerprint density at radius 3 is 2.39 bits per heavy atom. The van der Waals surface area contributed by atoms with Gasteiger partial charge in [-0.15, -0.1) is 0 Å². The number of primary amides is 1. The second kappa shape index (κ2) is 4.94. The van der Waals surface area contributed by atoms with E-state index in [-0.39, 0.29) is 0 Å². The Hall–Kier alpha value is -2.25. The van der Waals surface area contributed by atoms with Crippen molar-refractivity contribution in [1.82, 2.24) is 0 Å². The fraction of sp³-hybridized carbons (Fsp3) is 0.200. The minimum Gasteiger partial charge on any atom is -0.483 e. The highest BCUT2D eigenvalue weighted by atomic mass is 19.4. The van der Waals surface area contributed by atoms with Crippen LogP contribution >= 0.6 is 0 Å². The number of hydrogen-bond donors (Lipinski definition) is 2. The van der Waals surface area contributed by atoms with E-state index in [0.29, 0.717) is 6.07 Å². The van der Waals surface area contributed by atoms with Crippen molar-refractivity contribution in [3.63, 3.8) is 0 Å². The van der Waals surface area contributed by atoms with Crippen molar-refractivity contribution in [2.45, 2.75) is 6.18 Å². The van der Waals surface area contributed by atoms with Gasteiger partial charge in [-0.2, -0.15) is 13.2 Å². The van der Waals surface area contributed by atoms with Crippen LogP contribution in [0.4, 0.5) is 13.2 Å². The summed E-state index contributed by atoms with van der Waals surface area (Å²) in [5.74, 6) is -3.08. The number of alkyl halides is 3. The molecule has 0 aliphatic heterocycles. The summed E-state index contributed by atoms with van der Waals surface area (Å²) in [4.78, 5) is 21.0. The van der Waals surface area contributed by atoms with E-state index in [2.05, 4.69) is 4.74 Å². The van der Waals surface area contributed by atoms with Crippen molar-refractivity contribution < 1.29 is 32.6 Å². The Labute approximate surface area is 99.0 Å². The van der Waals surface area contributed by atoms with E-state index in [1.54, 1.807) is 0 Å². The maximum atomic E-state index is 12.6. The van der Waals surface area contributed by atoms with E-state index in [4.69, 9.17) is 10.8 Å². The van der Waals surface area contributed by atoms with Gasteiger partial charge < -0.3 is 15.6 Å². The number of ether oxygens (including phenoxy) is 1. The number of halogens is 3. The average molecular weight is 263 g/mol. The molecule has 0 fully saturated rings. The van der Waals surface area contributed by atoms with Crippen LogP contribution in [0.1, 0.15) is 15.9 Å². The van der Waals surface area contributed by atoms with E-state index in [9.17, 15) is 22.8 Å². The predicted octanol–water partition coefficient (Wildman–Crippen LogP) is 1.27. The van der Waals surface area contributed by atoms with Crippen LogP contribution in [0.3, 0.4) is 0 Å². The number of nitrogens with two attached hydrogens (primary N) is 1. The lowest BCUT2D eigenvalue weighted by Crippen LogP contribution is -2.21. The van der Waals surface area contributed by atoms with E-state index in [0.717, 1.165) is 12.1 Å². The van der Waals surface area contributed by atoms with Crippen LogP contribution in [0, 0.1) is 0 Å². The molecule has 1 amide bonds. The molecule has 0 aromatic heterocycles. The summed E-state index contributed by atoms with van der Waals surface area (Å²) in [7, 11) is 0. The fourth-order valence-corrected chi connectivity index (χ4v) is 1.16. The van der Waals surface area contributed by atoms with Crippen molar-refractivity contribution in [2.75, 3.05) is 6.61 Å². The summed E-state index contributed by atoms with van der Waals surface area (Å²) in [6.45, 7) is -0.727. The third kappa shape index (κ3) is 3.37. The molecule has 0 heterocycles. The van der Waals surface area contributed by atoms with Gasteiger partial charge in [0.05, 0.1) is 11.1 Å². The smallest absolute Gasteiger partial charge is 0.419 e. The molecule has 0 unspecified atom stereocenters. The average Bonchev–Trinajstić information content (AvgIpc) is 2.24. The number of carbonyl (C=O) groups is 2. The highest BCUT2D eigenvalue weighted by Gasteiger charge is 2.35. The van der Waals surface area contributed by atoms with Crippen molar-refractivity contribution in [2.24, 2.45) is 5.73 Å². The molecule has 0 bridgehead atoms. The zero-order valence-electron chi connectivity index (χ0n) is 8.82. The fourth-order valence-electron chi connectivity index (χ4n) is 1.16. The number of carboxylic acids is 1. The van der Waals surface area contributed by atoms with Crippen molar-refractivity contribution in [1.29, 1.82) is 0 Å². The van der Waals surface area contributed by atoms with Gasteiger partial charge in [0.1, 0.15) is 5.75 Å². The van der Waals surface area contributed by atoms with Gasteiger partial charge in [0, 0.05) is 0 Å². The van der Waals surface area contributed by atoms with Crippen LogP contribution in [-0.4, -0.2) is 23.6 Å². The molecule has 1 aromatic rings. The Balaban J connectivity index is 3.17. The largest absolute Gasteiger partial charge is 0.483 e. The van der Waals surface area contributed by atoms with Gasteiger partial charge in [-0.05, 0) is 18.2 Å². The molecule has 0 radical (unpaired) electrons. The number of benzene rings is 1. The molecular weight excluding hydrogens is 255 g/mol. The SMILES string of the molecule is NC(=O)COc1ccc(C(=O)O)cc1C(F)(F)F. The highest BCUT2D eigenvalue weighted by molar-refractivity contribution is 5.88. The van der Waals surface area contributed by atoms with Crippen LogP contribution in [0.5, 0.6) is 5.75 Å². The first-order valence-electron chi connectivity index (χ1n) is 4.57. The van der Waals surface area contributed by atoms with E-state index < -0.39 is 41.5 Å². The topological polar surface area (TPSA) is 89.6 Å². The van der Waals surface area contributed by atoms with Gasteiger partial charge in [0.15, 0.2) is 6.61 Å². The number of aromatic carboxylic acids is 1. The van der Waals surface area contributed by atoms with E-state index in [1.807, 2.05) is 0 Å². The molecule has 0 spiro atoms. The highest BCUT2D eigenvalue weighted by Crippen LogP contribution is 2.36. The van der Waals surface area contributed by atoms with Gasteiger partial charge in [-0.3, -0.25) is 4.79 Å². The Kier molecular flexibility index (Phi) is 3.79.